The van der Waals surface area contributed by atoms with E-state index in [0.29, 0.717) is 11.6 Å². The molecule has 150 valence electrons. The van der Waals surface area contributed by atoms with Gasteiger partial charge in [0.15, 0.2) is 11.6 Å². The molecule has 2 amide bonds. The molecule has 0 spiro atoms. The number of carbonyl (C=O) groups is 2. The maximum Gasteiger partial charge on any atom is 0.270 e. The van der Waals surface area contributed by atoms with Gasteiger partial charge < -0.3 is 10.6 Å². The summed E-state index contributed by atoms with van der Waals surface area (Å²) >= 11 is 0. The predicted octanol–water partition coefficient (Wildman–Crippen LogP) is 3.01. The lowest BCUT2D eigenvalue weighted by molar-refractivity contribution is -0.122. The smallest absolute Gasteiger partial charge is 0.270 e. The molecule has 1 aromatic carbocycles. The van der Waals surface area contributed by atoms with Crippen molar-refractivity contribution >= 4 is 11.8 Å². The summed E-state index contributed by atoms with van der Waals surface area (Å²) in [6.07, 6.45) is 2.08. The van der Waals surface area contributed by atoms with Gasteiger partial charge in [0, 0.05) is 13.0 Å². The number of aromatic nitrogens is 2. The minimum absolute atomic E-state index is 0.149. The molecule has 1 aliphatic rings. The van der Waals surface area contributed by atoms with Crippen molar-refractivity contribution in [2.45, 2.75) is 51.1 Å². The van der Waals surface area contributed by atoms with E-state index >= 15 is 0 Å². The van der Waals surface area contributed by atoms with Crippen molar-refractivity contribution in [1.29, 1.82) is 0 Å². The standard InChI is InChI=1S/C20H24F2N4O2/c1-20(2,3)26-16(10-15(25-26)11-5-6-11)18(27)24-17(19(28)23-4)12-7-8-13(21)14(22)9-12/h7-11,17H,5-6H2,1-4H3,(H,23,28)(H,24,27)/t17-/m1/s1. The van der Waals surface area contributed by atoms with Gasteiger partial charge in [-0.1, -0.05) is 6.07 Å². The molecule has 28 heavy (non-hydrogen) atoms. The van der Waals surface area contributed by atoms with Crippen LogP contribution in [0.15, 0.2) is 24.3 Å². The Morgan fingerprint density at radius 3 is 2.39 bits per heavy atom. The topological polar surface area (TPSA) is 76.0 Å². The largest absolute Gasteiger partial charge is 0.357 e. The average Bonchev–Trinajstić information content (AvgIpc) is 3.38. The molecule has 0 aliphatic heterocycles. The van der Waals surface area contributed by atoms with Gasteiger partial charge in [0.1, 0.15) is 11.7 Å². The number of nitrogens with zero attached hydrogens (tertiary/aromatic N) is 2. The molecule has 0 saturated heterocycles. The Hall–Kier alpha value is -2.77. The highest BCUT2D eigenvalue weighted by Gasteiger charge is 2.32. The summed E-state index contributed by atoms with van der Waals surface area (Å²) in [5.41, 5.74) is 0.885. The van der Waals surface area contributed by atoms with Crippen LogP contribution in [0.2, 0.25) is 0 Å². The molecule has 0 unspecified atom stereocenters. The third-order valence-corrected chi connectivity index (χ3v) is 4.65. The SMILES string of the molecule is CNC(=O)[C@H](NC(=O)c1cc(C2CC2)nn1C(C)(C)C)c1ccc(F)c(F)c1. The van der Waals surface area contributed by atoms with Crippen LogP contribution in [0.4, 0.5) is 8.78 Å². The molecule has 1 aromatic heterocycles. The first-order valence-electron chi connectivity index (χ1n) is 9.19. The monoisotopic (exact) mass is 390 g/mol. The van der Waals surface area contributed by atoms with Crippen molar-refractivity contribution in [2.75, 3.05) is 7.05 Å². The van der Waals surface area contributed by atoms with Crippen molar-refractivity contribution < 1.29 is 18.4 Å². The number of likely N-dealkylation sites (N-methyl/N-ethyl adjacent to an activating group) is 1. The van der Waals surface area contributed by atoms with E-state index in [1.54, 1.807) is 10.7 Å². The van der Waals surface area contributed by atoms with Gasteiger partial charge in [-0.15, -0.1) is 0 Å². The zero-order valence-corrected chi connectivity index (χ0v) is 16.3. The number of carbonyl (C=O) groups excluding carboxylic acids is 2. The van der Waals surface area contributed by atoms with Crippen LogP contribution in [-0.4, -0.2) is 28.6 Å². The second kappa shape index (κ2) is 7.33. The van der Waals surface area contributed by atoms with Crippen LogP contribution >= 0.6 is 0 Å². The van der Waals surface area contributed by atoms with Crippen LogP contribution in [-0.2, 0) is 10.3 Å². The van der Waals surface area contributed by atoms with Gasteiger partial charge in [-0.05, 0) is 57.4 Å². The van der Waals surface area contributed by atoms with Gasteiger partial charge in [-0.2, -0.15) is 5.10 Å². The van der Waals surface area contributed by atoms with Gasteiger partial charge in [0.2, 0.25) is 5.91 Å². The Bertz CT molecular complexity index is 913. The first kappa shape index (κ1) is 20.0. The fourth-order valence-electron chi connectivity index (χ4n) is 2.99. The van der Waals surface area contributed by atoms with Crippen LogP contribution in [0.5, 0.6) is 0 Å². The Morgan fingerprint density at radius 1 is 1.18 bits per heavy atom. The predicted molar refractivity (Wildman–Crippen MR) is 99.8 cm³/mol. The summed E-state index contributed by atoms with van der Waals surface area (Å²) in [5.74, 6) is -2.80. The Morgan fingerprint density at radius 2 is 1.86 bits per heavy atom. The number of amides is 2. The molecule has 2 aromatic rings. The molecule has 0 radical (unpaired) electrons. The lowest BCUT2D eigenvalue weighted by atomic mass is 10.0. The maximum atomic E-state index is 13.7. The minimum Gasteiger partial charge on any atom is -0.357 e. The number of rotatable bonds is 5. The van der Waals surface area contributed by atoms with Gasteiger partial charge in [-0.3, -0.25) is 14.3 Å². The number of nitrogens with one attached hydrogen (secondary N) is 2. The fourth-order valence-corrected chi connectivity index (χ4v) is 2.99. The third-order valence-electron chi connectivity index (χ3n) is 4.65. The molecule has 1 aliphatic carbocycles. The maximum absolute atomic E-state index is 13.7. The summed E-state index contributed by atoms with van der Waals surface area (Å²) in [7, 11) is 1.41. The van der Waals surface area contributed by atoms with E-state index in [4.69, 9.17) is 0 Å². The van der Waals surface area contributed by atoms with Crippen molar-refractivity contribution in [3.05, 3.63) is 52.9 Å². The van der Waals surface area contributed by atoms with Gasteiger partial charge >= 0.3 is 0 Å². The Kier molecular flexibility index (Phi) is 5.23. The molecule has 1 heterocycles. The summed E-state index contributed by atoms with van der Waals surface area (Å²) in [4.78, 5) is 25.3. The lowest BCUT2D eigenvalue weighted by Gasteiger charge is -2.23. The van der Waals surface area contributed by atoms with Crippen LogP contribution in [0.3, 0.4) is 0 Å². The summed E-state index contributed by atoms with van der Waals surface area (Å²) in [6.45, 7) is 5.79. The first-order chi connectivity index (χ1) is 13.1. The average molecular weight is 390 g/mol. The summed E-state index contributed by atoms with van der Waals surface area (Å²) in [5, 5.41) is 9.65. The molecule has 1 saturated carbocycles. The van der Waals surface area contributed by atoms with Gasteiger partial charge in [0.25, 0.3) is 5.91 Å². The normalized spacial score (nSPS) is 15.2. The molecule has 6 nitrogen and oxygen atoms in total. The molecule has 1 fully saturated rings. The lowest BCUT2D eigenvalue weighted by Crippen LogP contribution is -2.40. The number of hydrogen-bond donors (Lipinski definition) is 2. The fraction of sp³-hybridized carbons (Fsp3) is 0.450. The van der Waals surface area contributed by atoms with Crippen LogP contribution in [0.1, 0.15) is 67.3 Å². The summed E-state index contributed by atoms with van der Waals surface area (Å²) in [6, 6.07) is 3.68. The van der Waals surface area contributed by atoms with E-state index in [9.17, 15) is 18.4 Å². The second-order valence-corrected chi connectivity index (χ2v) is 8.01. The highest BCUT2D eigenvalue weighted by Crippen LogP contribution is 2.40. The van der Waals surface area contributed by atoms with E-state index in [-0.39, 0.29) is 5.56 Å². The van der Waals surface area contributed by atoms with E-state index in [1.165, 1.54) is 13.1 Å². The molecular formula is C20H24F2N4O2. The van der Waals surface area contributed by atoms with Gasteiger partial charge in [0.05, 0.1) is 11.2 Å². The van der Waals surface area contributed by atoms with E-state index in [1.807, 2.05) is 20.8 Å². The molecule has 8 heteroatoms. The second-order valence-electron chi connectivity index (χ2n) is 8.01. The first-order valence-corrected chi connectivity index (χ1v) is 9.19. The minimum atomic E-state index is -1.17. The molecule has 2 N–H and O–H groups in total. The van der Waals surface area contributed by atoms with E-state index in [2.05, 4.69) is 15.7 Å². The molecular weight excluding hydrogens is 366 g/mol. The molecule has 3 rings (SSSR count). The zero-order chi connectivity index (χ0) is 20.6. The number of benzene rings is 1. The Balaban J connectivity index is 1.94. The van der Waals surface area contributed by atoms with Crippen molar-refractivity contribution in [3.63, 3.8) is 0 Å². The number of halogens is 2. The summed E-state index contributed by atoms with van der Waals surface area (Å²) < 4.78 is 28.6. The molecule has 0 bridgehead atoms. The Labute approximate surface area is 162 Å². The molecule has 1 atom stereocenters. The van der Waals surface area contributed by atoms with Crippen molar-refractivity contribution in [1.82, 2.24) is 20.4 Å². The van der Waals surface area contributed by atoms with Crippen LogP contribution in [0.25, 0.3) is 0 Å². The highest BCUT2D eigenvalue weighted by atomic mass is 19.2. The third kappa shape index (κ3) is 4.05. The highest BCUT2D eigenvalue weighted by molar-refractivity contribution is 5.96. The van der Waals surface area contributed by atoms with E-state index in [0.717, 1.165) is 30.7 Å². The van der Waals surface area contributed by atoms with Crippen LogP contribution in [0, 0.1) is 11.6 Å². The quantitative estimate of drug-likeness (QED) is 0.824. The van der Waals surface area contributed by atoms with Crippen molar-refractivity contribution in [3.8, 4) is 0 Å². The van der Waals surface area contributed by atoms with Crippen molar-refractivity contribution in [2.24, 2.45) is 0 Å². The van der Waals surface area contributed by atoms with Crippen LogP contribution < -0.4 is 10.6 Å². The van der Waals surface area contributed by atoms with Gasteiger partial charge in [-0.25, -0.2) is 8.78 Å². The zero-order valence-electron chi connectivity index (χ0n) is 16.3. The number of hydrogen-bond acceptors (Lipinski definition) is 3. The van der Waals surface area contributed by atoms with E-state index < -0.39 is 35.0 Å².